The molecule has 0 saturated heterocycles. The fraction of sp³-hybridized carbons (Fsp3) is 0.375. The van der Waals surface area contributed by atoms with Gasteiger partial charge in [-0.25, -0.2) is 9.78 Å². The highest BCUT2D eigenvalue weighted by atomic mass is 16.5. The second-order valence-electron chi connectivity index (χ2n) is 11.4. The molecule has 6 rings (SSSR count). The van der Waals surface area contributed by atoms with Crippen LogP contribution in [0.3, 0.4) is 0 Å². The van der Waals surface area contributed by atoms with Crippen LogP contribution in [0, 0.1) is 6.92 Å². The predicted molar refractivity (Wildman–Crippen MR) is 157 cm³/mol. The van der Waals surface area contributed by atoms with Gasteiger partial charge in [-0.1, -0.05) is 85.5 Å². The van der Waals surface area contributed by atoms with Crippen LogP contribution in [0.15, 0.2) is 67.2 Å². The molecule has 42 heavy (non-hydrogen) atoms. The number of H-pyrrole nitrogens is 1. The van der Waals surface area contributed by atoms with Gasteiger partial charge >= 0.3 is 5.76 Å². The SMILES string of the molecule is CCCCc1nc(C)c(Cc2nc(C3(C)CCC3)no2)c(=O)n1Cc1ccc(-c2ccccc2-c2noc(=O)[nH]2)cc1. The van der Waals surface area contributed by atoms with Crippen molar-refractivity contribution in [2.24, 2.45) is 0 Å². The minimum absolute atomic E-state index is 0.0296. The Labute approximate surface area is 242 Å². The van der Waals surface area contributed by atoms with Crippen LogP contribution in [0.2, 0.25) is 0 Å². The maximum Gasteiger partial charge on any atom is 0.439 e. The van der Waals surface area contributed by atoms with Crippen molar-refractivity contribution in [2.75, 3.05) is 0 Å². The van der Waals surface area contributed by atoms with Crippen molar-refractivity contribution >= 4 is 0 Å². The fourth-order valence-electron chi connectivity index (χ4n) is 5.56. The van der Waals surface area contributed by atoms with Crippen LogP contribution in [-0.4, -0.2) is 29.8 Å². The highest BCUT2D eigenvalue weighted by molar-refractivity contribution is 5.80. The minimum Gasteiger partial charge on any atom is -0.339 e. The summed E-state index contributed by atoms with van der Waals surface area (Å²) in [5.74, 6) is 1.73. The Hall–Kier alpha value is -4.60. The van der Waals surface area contributed by atoms with Crippen LogP contribution in [0.5, 0.6) is 0 Å². The van der Waals surface area contributed by atoms with E-state index in [4.69, 9.17) is 14.0 Å². The Morgan fingerprint density at radius 2 is 1.74 bits per heavy atom. The van der Waals surface area contributed by atoms with Gasteiger partial charge < -0.3 is 4.52 Å². The Balaban J connectivity index is 1.30. The Kier molecular flexibility index (Phi) is 7.45. The molecule has 0 radical (unpaired) electrons. The van der Waals surface area contributed by atoms with E-state index in [9.17, 15) is 9.59 Å². The molecule has 0 amide bonds. The van der Waals surface area contributed by atoms with Crippen LogP contribution >= 0.6 is 0 Å². The first-order valence-corrected chi connectivity index (χ1v) is 14.5. The lowest BCUT2D eigenvalue weighted by atomic mass is 9.70. The van der Waals surface area contributed by atoms with E-state index in [1.165, 1.54) is 6.42 Å². The van der Waals surface area contributed by atoms with E-state index in [-0.39, 0.29) is 17.4 Å². The molecule has 0 spiro atoms. The van der Waals surface area contributed by atoms with Crippen LogP contribution in [0.4, 0.5) is 0 Å². The van der Waals surface area contributed by atoms with Gasteiger partial charge in [-0.3, -0.25) is 18.9 Å². The van der Waals surface area contributed by atoms with Crippen molar-refractivity contribution in [2.45, 2.75) is 77.7 Å². The average Bonchev–Trinajstić information content (AvgIpc) is 3.64. The number of hydrogen-bond donors (Lipinski definition) is 1. The minimum atomic E-state index is -0.599. The van der Waals surface area contributed by atoms with Gasteiger partial charge in [-0.15, -0.1) is 0 Å². The van der Waals surface area contributed by atoms with E-state index in [1.807, 2.05) is 55.5 Å². The van der Waals surface area contributed by atoms with Gasteiger partial charge in [0.2, 0.25) is 5.89 Å². The smallest absolute Gasteiger partial charge is 0.339 e. The van der Waals surface area contributed by atoms with E-state index in [0.29, 0.717) is 29.5 Å². The van der Waals surface area contributed by atoms with Crippen molar-refractivity contribution in [3.8, 4) is 22.5 Å². The van der Waals surface area contributed by atoms with Gasteiger partial charge in [0, 0.05) is 28.7 Å². The number of aromatic amines is 1. The van der Waals surface area contributed by atoms with Gasteiger partial charge in [0.25, 0.3) is 5.56 Å². The lowest BCUT2D eigenvalue weighted by Crippen LogP contribution is -2.32. The summed E-state index contributed by atoms with van der Waals surface area (Å²) in [7, 11) is 0. The molecule has 1 aliphatic carbocycles. The largest absolute Gasteiger partial charge is 0.439 e. The summed E-state index contributed by atoms with van der Waals surface area (Å²) in [4.78, 5) is 37.6. The number of aromatic nitrogens is 6. The number of rotatable bonds is 10. The number of nitrogens with one attached hydrogen (secondary N) is 1. The van der Waals surface area contributed by atoms with Crippen molar-refractivity contribution < 1.29 is 9.05 Å². The second-order valence-corrected chi connectivity index (χ2v) is 11.4. The predicted octanol–water partition coefficient (Wildman–Crippen LogP) is 5.37. The zero-order chi connectivity index (χ0) is 29.3. The molecule has 3 aromatic heterocycles. The summed E-state index contributed by atoms with van der Waals surface area (Å²) < 4.78 is 12.1. The maximum absolute atomic E-state index is 13.9. The molecule has 2 aromatic carbocycles. The number of benzene rings is 2. The first-order chi connectivity index (χ1) is 20.3. The lowest BCUT2D eigenvalue weighted by molar-refractivity contribution is 0.245. The van der Waals surface area contributed by atoms with Gasteiger partial charge in [0.1, 0.15) is 5.82 Å². The van der Waals surface area contributed by atoms with Gasteiger partial charge in [0.15, 0.2) is 11.6 Å². The van der Waals surface area contributed by atoms with E-state index in [0.717, 1.165) is 66.0 Å². The zero-order valence-electron chi connectivity index (χ0n) is 24.1. The molecule has 1 fully saturated rings. The van der Waals surface area contributed by atoms with E-state index in [1.54, 1.807) is 4.57 Å². The van der Waals surface area contributed by atoms with Crippen molar-refractivity contribution in [3.05, 3.63) is 104 Å². The second kappa shape index (κ2) is 11.3. The summed E-state index contributed by atoms with van der Waals surface area (Å²) in [6, 6.07) is 15.7. The summed E-state index contributed by atoms with van der Waals surface area (Å²) in [6.07, 6.45) is 6.20. The molecule has 0 aliphatic heterocycles. The molecular weight excluding hydrogens is 532 g/mol. The number of unbranched alkanes of at least 4 members (excludes halogenated alkanes) is 1. The quantitative estimate of drug-likeness (QED) is 0.239. The Morgan fingerprint density at radius 1 is 0.976 bits per heavy atom. The topological polar surface area (TPSA) is 133 Å². The summed E-state index contributed by atoms with van der Waals surface area (Å²) in [5.41, 5.74) is 4.77. The Morgan fingerprint density at radius 3 is 2.40 bits per heavy atom. The Bertz CT molecular complexity index is 1820. The van der Waals surface area contributed by atoms with Crippen molar-refractivity contribution in [3.63, 3.8) is 0 Å². The van der Waals surface area contributed by atoms with Crippen molar-refractivity contribution in [1.82, 2.24) is 29.8 Å². The van der Waals surface area contributed by atoms with Crippen LogP contribution in [-0.2, 0) is 24.8 Å². The molecule has 0 atom stereocenters. The first kappa shape index (κ1) is 27.6. The number of aryl methyl sites for hydroxylation is 2. The summed E-state index contributed by atoms with van der Waals surface area (Å²) in [5, 5.41) is 8.08. The zero-order valence-corrected chi connectivity index (χ0v) is 24.1. The standard InChI is InChI=1S/C32H34N6O4/c1-4-5-11-26-33-20(2)25(18-27-34-30(37-41-27)32(3)16-8-17-32)29(39)38(26)19-21-12-14-22(15-13-21)23-9-6-7-10-24(23)28-35-31(40)42-36-28/h6-7,9-10,12-15H,4-5,8,11,16-19H2,1-3H3,(H,35,36,40). The molecule has 10 nitrogen and oxygen atoms in total. The molecule has 1 N–H and O–H groups in total. The molecule has 1 saturated carbocycles. The van der Waals surface area contributed by atoms with E-state index >= 15 is 0 Å². The molecule has 0 bridgehead atoms. The molecule has 5 aromatic rings. The number of nitrogens with zero attached hydrogens (tertiary/aromatic N) is 5. The third-order valence-corrected chi connectivity index (χ3v) is 8.32. The highest BCUT2D eigenvalue weighted by Gasteiger charge is 2.38. The third kappa shape index (κ3) is 5.36. The molecule has 3 heterocycles. The highest BCUT2D eigenvalue weighted by Crippen LogP contribution is 2.41. The molecule has 1 aliphatic rings. The van der Waals surface area contributed by atoms with Crippen LogP contribution < -0.4 is 11.3 Å². The third-order valence-electron chi connectivity index (χ3n) is 8.32. The maximum atomic E-state index is 13.9. The van der Waals surface area contributed by atoms with Gasteiger partial charge in [0.05, 0.1) is 13.0 Å². The fourth-order valence-corrected chi connectivity index (χ4v) is 5.56. The van der Waals surface area contributed by atoms with Crippen LogP contribution in [0.1, 0.15) is 80.3 Å². The monoisotopic (exact) mass is 566 g/mol. The summed E-state index contributed by atoms with van der Waals surface area (Å²) >= 11 is 0. The van der Waals surface area contributed by atoms with Gasteiger partial charge in [-0.2, -0.15) is 4.98 Å². The number of hydrogen-bond acceptors (Lipinski definition) is 8. The molecule has 0 unspecified atom stereocenters. The molecule has 10 heteroatoms. The average molecular weight is 567 g/mol. The lowest BCUT2D eigenvalue weighted by Gasteiger charge is -2.34. The molecule has 216 valence electrons. The normalized spacial score (nSPS) is 14.2. The van der Waals surface area contributed by atoms with E-state index < -0.39 is 5.76 Å². The van der Waals surface area contributed by atoms with Crippen LogP contribution in [0.25, 0.3) is 22.5 Å². The van der Waals surface area contributed by atoms with Gasteiger partial charge in [-0.05, 0) is 42.9 Å². The molecular formula is C32H34N6O4. The summed E-state index contributed by atoms with van der Waals surface area (Å²) in [6.45, 7) is 6.57. The van der Waals surface area contributed by atoms with Crippen molar-refractivity contribution in [1.29, 1.82) is 0 Å². The van der Waals surface area contributed by atoms with E-state index in [2.05, 4.69) is 34.1 Å². The first-order valence-electron chi connectivity index (χ1n) is 14.5.